The van der Waals surface area contributed by atoms with Crippen LogP contribution in [0.15, 0.2) is 23.3 Å². The average Bonchev–Trinajstić information content (AvgIpc) is 2.72. The molecule has 1 saturated carbocycles. The standard InChI is InChI=1S/C12H17N3O2/c13-10-3-1-2-8(10)6-15-12(17)9-7-14-5-4-11(9)16/h4-5,7-8,10H,1-3,6,13H2,(H,14,16)(H,15,17). The lowest BCUT2D eigenvalue weighted by Crippen LogP contribution is -2.37. The SMILES string of the molecule is NC1CCCC1CNC(=O)c1c[nH]ccc1=O. The minimum absolute atomic E-state index is 0.152. The Kier molecular flexibility index (Phi) is 3.58. The van der Waals surface area contributed by atoms with Crippen molar-refractivity contribution in [2.45, 2.75) is 25.3 Å². The van der Waals surface area contributed by atoms with Crippen molar-refractivity contribution < 1.29 is 4.79 Å². The molecule has 1 aliphatic carbocycles. The summed E-state index contributed by atoms with van der Waals surface area (Å²) < 4.78 is 0. The molecule has 2 unspecified atom stereocenters. The number of aromatic amines is 1. The summed E-state index contributed by atoms with van der Waals surface area (Å²) >= 11 is 0. The number of nitrogens with two attached hydrogens (primary N) is 1. The number of hydrogen-bond donors (Lipinski definition) is 3. The molecule has 0 aromatic carbocycles. The summed E-state index contributed by atoms with van der Waals surface area (Å²) in [7, 11) is 0. The zero-order valence-electron chi connectivity index (χ0n) is 9.61. The maximum Gasteiger partial charge on any atom is 0.256 e. The van der Waals surface area contributed by atoms with Crippen LogP contribution >= 0.6 is 0 Å². The van der Waals surface area contributed by atoms with Crippen molar-refractivity contribution in [3.05, 3.63) is 34.2 Å². The Hall–Kier alpha value is -1.62. The van der Waals surface area contributed by atoms with Gasteiger partial charge in [0.25, 0.3) is 5.91 Å². The molecule has 1 fully saturated rings. The molecule has 0 radical (unpaired) electrons. The first-order valence-electron chi connectivity index (χ1n) is 5.89. The quantitative estimate of drug-likeness (QED) is 0.701. The molecule has 17 heavy (non-hydrogen) atoms. The molecule has 0 saturated heterocycles. The fraction of sp³-hybridized carbons (Fsp3) is 0.500. The molecular formula is C12H17N3O2. The smallest absolute Gasteiger partial charge is 0.256 e. The molecular weight excluding hydrogens is 218 g/mol. The van der Waals surface area contributed by atoms with Gasteiger partial charge in [-0.05, 0) is 18.8 Å². The van der Waals surface area contributed by atoms with Crippen LogP contribution in [0.2, 0.25) is 0 Å². The van der Waals surface area contributed by atoms with Crippen LogP contribution in [-0.4, -0.2) is 23.5 Å². The van der Waals surface area contributed by atoms with E-state index >= 15 is 0 Å². The van der Waals surface area contributed by atoms with Gasteiger partial charge in [0.2, 0.25) is 0 Å². The normalized spacial score (nSPS) is 23.6. The number of H-pyrrole nitrogens is 1. The van der Waals surface area contributed by atoms with Crippen molar-refractivity contribution in [2.75, 3.05) is 6.54 Å². The number of aromatic nitrogens is 1. The van der Waals surface area contributed by atoms with Crippen molar-refractivity contribution >= 4 is 5.91 Å². The van der Waals surface area contributed by atoms with Crippen molar-refractivity contribution in [2.24, 2.45) is 11.7 Å². The molecule has 1 aromatic heterocycles. The topological polar surface area (TPSA) is 88.0 Å². The molecule has 2 rings (SSSR count). The van der Waals surface area contributed by atoms with Gasteiger partial charge in [-0.2, -0.15) is 0 Å². The molecule has 4 N–H and O–H groups in total. The Morgan fingerprint density at radius 3 is 3.00 bits per heavy atom. The molecule has 5 heteroatoms. The van der Waals surface area contributed by atoms with Crippen LogP contribution in [0.1, 0.15) is 29.6 Å². The summed E-state index contributed by atoms with van der Waals surface area (Å²) in [5.74, 6) is 0.00712. The maximum absolute atomic E-state index is 11.8. The molecule has 2 atom stereocenters. The van der Waals surface area contributed by atoms with E-state index in [1.807, 2.05) is 0 Å². The van der Waals surface area contributed by atoms with Crippen molar-refractivity contribution in [1.82, 2.24) is 10.3 Å². The molecule has 0 bridgehead atoms. The van der Waals surface area contributed by atoms with E-state index in [1.165, 1.54) is 18.5 Å². The number of amides is 1. The Balaban J connectivity index is 1.94. The Labute approximate surface area is 99.4 Å². The number of pyridine rings is 1. The molecule has 92 valence electrons. The first-order chi connectivity index (χ1) is 8.18. The van der Waals surface area contributed by atoms with Crippen LogP contribution in [0.5, 0.6) is 0 Å². The van der Waals surface area contributed by atoms with E-state index in [9.17, 15) is 9.59 Å². The lowest BCUT2D eigenvalue weighted by molar-refractivity contribution is 0.0945. The number of rotatable bonds is 3. The first-order valence-corrected chi connectivity index (χ1v) is 5.89. The van der Waals surface area contributed by atoms with Gasteiger partial charge < -0.3 is 16.0 Å². The van der Waals surface area contributed by atoms with Gasteiger partial charge in [0, 0.05) is 31.0 Å². The van der Waals surface area contributed by atoms with Gasteiger partial charge in [-0.15, -0.1) is 0 Å². The van der Waals surface area contributed by atoms with Gasteiger partial charge in [-0.3, -0.25) is 9.59 Å². The van der Waals surface area contributed by atoms with Crippen molar-refractivity contribution in [3.8, 4) is 0 Å². The van der Waals surface area contributed by atoms with E-state index in [0.29, 0.717) is 12.5 Å². The van der Waals surface area contributed by atoms with Crippen LogP contribution in [-0.2, 0) is 0 Å². The van der Waals surface area contributed by atoms with Gasteiger partial charge in [0.1, 0.15) is 5.56 Å². The number of hydrogen-bond acceptors (Lipinski definition) is 3. The molecule has 0 aliphatic heterocycles. The molecule has 0 spiro atoms. The summed E-state index contributed by atoms with van der Waals surface area (Å²) in [6, 6.07) is 1.51. The third-order valence-corrected chi connectivity index (χ3v) is 3.31. The average molecular weight is 235 g/mol. The molecule has 5 nitrogen and oxygen atoms in total. The van der Waals surface area contributed by atoms with E-state index in [0.717, 1.165) is 19.3 Å². The van der Waals surface area contributed by atoms with Crippen LogP contribution < -0.4 is 16.5 Å². The van der Waals surface area contributed by atoms with Gasteiger partial charge in [0.15, 0.2) is 5.43 Å². The molecule has 1 aliphatic rings. The summed E-state index contributed by atoms with van der Waals surface area (Å²) in [4.78, 5) is 25.9. The van der Waals surface area contributed by atoms with Gasteiger partial charge in [0.05, 0.1) is 0 Å². The second kappa shape index (κ2) is 5.14. The Bertz CT molecular complexity index is 455. The summed E-state index contributed by atoms with van der Waals surface area (Å²) in [5.41, 5.74) is 5.80. The van der Waals surface area contributed by atoms with E-state index < -0.39 is 0 Å². The highest BCUT2D eigenvalue weighted by atomic mass is 16.2. The highest BCUT2D eigenvalue weighted by molar-refractivity contribution is 5.93. The van der Waals surface area contributed by atoms with Gasteiger partial charge in [-0.1, -0.05) is 6.42 Å². The zero-order chi connectivity index (χ0) is 12.3. The second-order valence-corrected chi connectivity index (χ2v) is 4.49. The Morgan fingerprint density at radius 1 is 1.53 bits per heavy atom. The van der Waals surface area contributed by atoms with Crippen molar-refractivity contribution in [1.29, 1.82) is 0 Å². The van der Waals surface area contributed by atoms with E-state index in [2.05, 4.69) is 10.3 Å². The fourth-order valence-electron chi connectivity index (χ4n) is 2.23. The third-order valence-electron chi connectivity index (χ3n) is 3.31. The lowest BCUT2D eigenvalue weighted by Gasteiger charge is -2.15. The highest BCUT2D eigenvalue weighted by Crippen LogP contribution is 2.22. The van der Waals surface area contributed by atoms with E-state index in [-0.39, 0.29) is 22.9 Å². The zero-order valence-corrected chi connectivity index (χ0v) is 9.61. The summed E-state index contributed by atoms with van der Waals surface area (Å²) in [6.45, 7) is 0.550. The number of carbonyl (C=O) groups excluding carboxylic acids is 1. The van der Waals surface area contributed by atoms with Gasteiger partial charge >= 0.3 is 0 Å². The van der Waals surface area contributed by atoms with Gasteiger partial charge in [-0.25, -0.2) is 0 Å². The summed E-state index contributed by atoms with van der Waals surface area (Å²) in [6.07, 6.45) is 6.12. The predicted octanol–water partition coefficient (Wildman–Crippen LogP) is 0.232. The summed E-state index contributed by atoms with van der Waals surface area (Å²) in [5, 5.41) is 2.77. The van der Waals surface area contributed by atoms with Crippen LogP contribution in [0, 0.1) is 5.92 Å². The molecule has 1 heterocycles. The number of nitrogens with one attached hydrogen (secondary N) is 2. The van der Waals surface area contributed by atoms with E-state index in [1.54, 1.807) is 0 Å². The van der Waals surface area contributed by atoms with E-state index in [4.69, 9.17) is 5.73 Å². The minimum Gasteiger partial charge on any atom is -0.367 e. The minimum atomic E-state index is -0.328. The highest BCUT2D eigenvalue weighted by Gasteiger charge is 2.24. The molecule has 1 aromatic rings. The number of carbonyl (C=O) groups is 1. The lowest BCUT2D eigenvalue weighted by atomic mass is 10.0. The Morgan fingerprint density at radius 2 is 2.35 bits per heavy atom. The predicted molar refractivity (Wildman–Crippen MR) is 64.7 cm³/mol. The maximum atomic E-state index is 11.8. The fourth-order valence-corrected chi connectivity index (χ4v) is 2.23. The van der Waals surface area contributed by atoms with Crippen LogP contribution in [0.25, 0.3) is 0 Å². The second-order valence-electron chi connectivity index (χ2n) is 4.49. The molecule has 1 amide bonds. The van der Waals surface area contributed by atoms with Crippen LogP contribution in [0.4, 0.5) is 0 Å². The van der Waals surface area contributed by atoms with Crippen molar-refractivity contribution in [3.63, 3.8) is 0 Å². The monoisotopic (exact) mass is 235 g/mol. The largest absolute Gasteiger partial charge is 0.367 e. The first kappa shape index (κ1) is 11.9. The third kappa shape index (κ3) is 2.74. The van der Waals surface area contributed by atoms with Crippen LogP contribution in [0.3, 0.4) is 0 Å².